The van der Waals surface area contributed by atoms with Gasteiger partial charge in [-0.25, -0.2) is 0 Å². The van der Waals surface area contributed by atoms with Crippen LogP contribution in [0.15, 0.2) is 53.1 Å². The van der Waals surface area contributed by atoms with Gasteiger partial charge in [0.2, 0.25) is 0 Å². The topological polar surface area (TPSA) is 62.6 Å². The van der Waals surface area contributed by atoms with Crippen molar-refractivity contribution in [1.82, 2.24) is 10.2 Å². The van der Waals surface area contributed by atoms with Gasteiger partial charge in [-0.15, -0.1) is 11.3 Å². The van der Waals surface area contributed by atoms with Crippen LogP contribution >= 0.6 is 11.3 Å². The number of benzene rings is 1. The molecule has 4 rings (SSSR count). The van der Waals surface area contributed by atoms with Crippen LogP contribution in [0.5, 0.6) is 0 Å². The zero-order chi connectivity index (χ0) is 17.2. The van der Waals surface area contributed by atoms with Crippen molar-refractivity contribution in [1.29, 1.82) is 0 Å². The van der Waals surface area contributed by atoms with Gasteiger partial charge in [0.25, 0.3) is 11.8 Å². The number of nitrogens with zero attached hydrogens (tertiary/aromatic N) is 1. The number of furan rings is 1. The van der Waals surface area contributed by atoms with Crippen LogP contribution in [0.2, 0.25) is 0 Å². The fraction of sp³-hybridized carbons (Fsp3) is 0.263. The molecule has 3 heterocycles. The Morgan fingerprint density at radius 2 is 1.92 bits per heavy atom. The fourth-order valence-electron chi connectivity index (χ4n) is 3.13. The van der Waals surface area contributed by atoms with Crippen LogP contribution in [0.3, 0.4) is 0 Å². The lowest BCUT2D eigenvalue weighted by atomic mass is 10.0. The number of carbonyl (C=O) groups excluding carboxylic acids is 2. The number of piperidine rings is 1. The molecule has 1 aliphatic heterocycles. The molecular weight excluding hydrogens is 336 g/mol. The Bertz CT molecular complexity index is 859. The summed E-state index contributed by atoms with van der Waals surface area (Å²) in [5.41, 5.74) is 0. The zero-order valence-corrected chi connectivity index (χ0v) is 14.4. The molecule has 0 aliphatic carbocycles. The monoisotopic (exact) mass is 354 g/mol. The Hall–Kier alpha value is -2.60. The van der Waals surface area contributed by atoms with Crippen LogP contribution in [0, 0.1) is 0 Å². The molecule has 0 saturated carbocycles. The van der Waals surface area contributed by atoms with Crippen LogP contribution in [-0.2, 0) is 0 Å². The molecule has 25 heavy (non-hydrogen) atoms. The van der Waals surface area contributed by atoms with Gasteiger partial charge in [-0.2, -0.15) is 0 Å². The third-order valence-electron chi connectivity index (χ3n) is 4.50. The van der Waals surface area contributed by atoms with E-state index in [0.717, 1.165) is 27.8 Å². The van der Waals surface area contributed by atoms with E-state index in [2.05, 4.69) is 5.32 Å². The highest BCUT2D eigenvalue weighted by atomic mass is 32.1. The van der Waals surface area contributed by atoms with E-state index in [1.54, 1.807) is 17.0 Å². The number of hydrogen-bond donors (Lipinski definition) is 1. The fourth-order valence-corrected chi connectivity index (χ4v) is 4.10. The Balaban J connectivity index is 1.35. The third-order valence-corrected chi connectivity index (χ3v) is 5.61. The number of hydrogen-bond acceptors (Lipinski definition) is 4. The van der Waals surface area contributed by atoms with Gasteiger partial charge in [0, 0.05) is 23.8 Å². The molecule has 0 bridgehead atoms. The van der Waals surface area contributed by atoms with Crippen molar-refractivity contribution in [2.45, 2.75) is 18.9 Å². The van der Waals surface area contributed by atoms with E-state index in [1.165, 1.54) is 17.6 Å². The van der Waals surface area contributed by atoms with Gasteiger partial charge in [0.15, 0.2) is 5.76 Å². The van der Waals surface area contributed by atoms with Crippen LogP contribution < -0.4 is 5.32 Å². The molecule has 1 aliphatic rings. The minimum Gasteiger partial charge on any atom is -0.459 e. The molecule has 0 unspecified atom stereocenters. The summed E-state index contributed by atoms with van der Waals surface area (Å²) in [5, 5.41) is 4.19. The molecule has 1 aromatic carbocycles. The predicted molar refractivity (Wildman–Crippen MR) is 96.9 cm³/mol. The number of carbonyl (C=O) groups is 2. The summed E-state index contributed by atoms with van der Waals surface area (Å²) in [6.07, 6.45) is 3.01. The number of fused-ring (bicyclic) bond motifs is 1. The maximum Gasteiger partial charge on any atom is 0.289 e. The van der Waals surface area contributed by atoms with E-state index in [9.17, 15) is 9.59 Å². The Morgan fingerprint density at radius 1 is 1.12 bits per heavy atom. The maximum atomic E-state index is 12.5. The molecule has 2 aromatic heterocycles. The molecule has 0 spiro atoms. The van der Waals surface area contributed by atoms with E-state index in [1.807, 2.05) is 30.3 Å². The maximum absolute atomic E-state index is 12.5. The molecule has 1 fully saturated rings. The summed E-state index contributed by atoms with van der Waals surface area (Å²) in [4.78, 5) is 27.3. The largest absolute Gasteiger partial charge is 0.459 e. The van der Waals surface area contributed by atoms with Gasteiger partial charge in [0.1, 0.15) is 0 Å². The molecular formula is C19H18N2O3S. The van der Waals surface area contributed by atoms with E-state index in [4.69, 9.17) is 4.42 Å². The van der Waals surface area contributed by atoms with Crippen molar-refractivity contribution >= 4 is 33.2 Å². The second-order valence-corrected chi connectivity index (χ2v) is 7.25. The minimum absolute atomic E-state index is 0.0305. The smallest absolute Gasteiger partial charge is 0.289 e. The first-order valence-corrected chi connectivity index (χ1v) is 9.14. The average molecular weight is 354 g/mol. The lowest BCUT2D eigenvalue weighted by molar-refractivity contribution is 0.0667. The highest BCUT2D eigenvalue weighted by molar-refractivity contribution is 7.20. The van der Waals surface area contributed by atoms with E-state index in [-0.39, 0.29) is 17.9 Å². The van der Waals surface area contributed by atoms with Gasteiger partial charge in [-0.05, 0) is 42.5 Å². The zero-order valence-electron chi connectivity index (χ0n) is 13.6. The van der Waals surface area contributed by atoms with Gasteiger partial charge in [-0.3, -0.25) is 9.59 Å². The summed E-state index contributed by atoms with van der Waals surface area (Å²) in [7, 11) is 0. The third kappa shape index (κ3) is 3.30. The molecule has 3 aromatic rings. The minimum atomic E-state index is -0.0840. The summed E-state index contributed by atoms with van der Waals surface area (Å²) in [5.74, 6) is 0.254. The normalized spacial score (nSPS) is 15.4. The second-order valence-electron chi connectivity index (χ2n) is 6.17. The summed E-state index contributed by atoms with van der Waals surface area (Å²) < 4.78 is 6.28. The van der Waals surface area contributed by atoms with Crippen LogP contribution in [0.1, 0.15) is 33.1 Å². The highest BCUT2D eigenvalue weighted by Crippen LogP contribution is 2.25. The quantitative estimate of drug-likeness (QED) is 0.783. The SMILES string of the molecule is O=C(NC1CCN(C(=O)c2ccco2)CC1)c1cc2ccccc2s1. The first-order valence-electron chi connectivity index (χ1n) is 8.33. The van der Waals surface area contributed by atoms with Crippen LogP contribution in [0.25, 0.3) is 10.1 Å². The molecule has 0 radical (unpaired) electrons. The predicted octanol–water partition coefficient (Wildman–Crippen LogP) is 3.53. The molecule has 5 nitrogen and oxygen atoms in total. The van der Waals surface area contributed by atoms with Gasteiger partial charge in [0.05, 0.1) is 11.1 Å². The first-order chi connectivity index (χ1) is 12.2. The van der Waals surface area contributed by atoms with Crippen molar-refractivity contribution in [2.24, 2.45) is 0 Å². The molecule has 6 heteroatoms. The Kier molecular flexibility index (Phi) is 4.28. The summed E-state index contributed by atoms with van der Waals surface area (Å²) in [6.45, 7) is 1.24. The van der Waals surface area contributed by atoms with Crippen molar-refractivity contribution in [3.8, 4) is 0 Å². The molecule has 1 N–H and O–H groups in total. The molecule has 0 atom stereocenters. The van der Waals surface area contributed by atoms with Gasteiger partial charge in [-0.1, -0.05) is 18.2 Å². The number of nitrogens with one attached hydrogen (secondary N) is 1. The van der Waals surface area contributed by atoms with Crippen molar-refractivity contribution in [3.63, 3.8) is 0 Å². The van der Waals surface area contributed by atoms with E-state index < -0.39 is 0 Å². The average Bonchev–Trinajstić information content (AvgIpc) is 3.31. The van der Waals surface area contributed by atoms with Gasteiger partial charge >= 0.3 is 0 Å². The number of rotatable bonds is 3. The Morgan fingerprint density at radius 3 is 2.64 bits per heavy atom. The highest BCUT2D eigenvalue weighted by Gasteiger charge is 2.26. The lowest BCUT2D eigenvalue weighted by Crippen LogP contribution is -2.46. The molecule has 2 amide bonds. The number of amides is 2. The number of likely N-dealkylation sites (tertiary alicyclic amines) is 1. The standard InChI is InChI=1S/C19H18N2O3S/c22-18(17-12-13-4-1-2-6-16(13)25-17)20-14-7-9-21(10-8-14)19(23)15-5-3-11-24-15/h1-6,11-12,14H,7-10H2,(H,20,22). The molecule has 1 saturated heterocycles. The number of thiophene rings is 1. The van der Waals surface area contributed by atoms with Crippen LogP contribution in [0.4, 0.5) is 0 Å². The molecule has 128 valence electrons. The van der Waals surface area contributed by atoms with Crippen molar-refractivity contribution < 1.29 is 14.0 Å². The summed E-state index contributed by atoms with van der Waals surface area (Å²) in [6, 6.07) is 13.4. The second kappa shape index (κ2) is 6.72. The van der Waals surface area contributed by atoms with Crippen molar-refractivity contribution in [3.05, 3.63) is 59.4 Å². The first kappa shape index (κ1) is 15.9. The van der Waals surface area contributed by atoms with Crippen LogP contribution in [-0.4, -0.2) is 35.8 Å². The Labute approximate surface area is 149 Å². The lowest BCUT2D eigenvalue weighted by Gasteiger charge is -2.31. The van der Waals surface area contributed by atoms with E-state index >= 15 is 0 Å². The van der Waals surface area contributed by atoms with Gasteiger partial charge < -0.3 is 14.6 Å². The van der Waals surface area contributed by atoms with E-state index in [0.29, 0.717) is 18.8 Å². The summed E-state index contributed by atoms with van der Waals surface area (Å²) >= 11 is 1.51. The van der Waals surface area contributed by atoms with Crippen molar-refractivity contribution in [2.75, 3.05) is 13.1 Å².